The van der Waals surface area contributed by atoms with Crippen LogP contribution in [0.2, 0.25) is 0 Å². The molecule has 0 saturated heterocycles. The monoisotopic (exact) mass is 579 g/mol. The maximum absolute atomic E-state index is 14.4. The first kappa shape index (κ1) is 34.8. The Labute approximate surface area is 253 Å². The van der Waals surface area contributed by atoms with Crippen molar-refractivity contribution in [3.63, 3.8) is 0 Å². The van der Waals surface area contributed by atoms with Crippen molar-refractivity contribution >= 4 is 23.6 Å². The van der Waals surface area contributed by atoms with Gasteiger partial charge in [-0.2, -0.15) is 0 Å². The Hall–Kier alpha value is -3.35. The lowest BCUT2D eigenvalue weighted by Gasteiger charge is -2.36. The highest BCUT2D eigenvalue weighted by Crippen LogP contribution is 2.29. The molecule has 3 amide bonds. The number of rotatable bonds is 14. The van der Waals surface area contributed by atoms with Crippen LogP contribution in [0.15, 0.2) is 42.5 Å². The Balaban J connectivity index is 2.55. The molecule has 0 heterocycles. The van der Waals surface area contributed by atoms with Gasteiger partial charge in [0, 0.05) is 12.2 Å². The van der Waals surface area contributed by atoms with Crippen molar-refractivity contribution in [3.05, 3.63) is 64.7 Å². The predicted molar refractivity (Wildman–Crippen MR) is 172 cm³/mol. The third-order valence-corrected chi connectivity index (χ3v) is 7.32. The Morgan fingerprint density at radius 1 is 0.881 bits per heavy atom. The smallest absolute Gasteiger partial charge is 0.408 e. The summed E-state index contributed by atoms with van der Waals surface area (Å²) in [6.45, 7) is 17.7. The molecular formula is C35H53N3O4. The zero-order chi connectivity index (χ0) is 31.4. The summed E-state index contributed by atoms with van der Waals surface area (Å²) in [5.74, 6) is -0.805. The first-order chi connectivity index (χ1) is 19.7. The van der Waals surface area contributed by atoms with Gasteiger partial charge in [0.25, 0.3) is 5.91 Å². The normalized spacial score (nSPS) is 12.9. The van der Waals surface area contributed by atoms with Gasteiger partial charge in [0.2, 0.25) is 5.91 Å². The van der Waals surface area contributed by atoms with Gasteiger partial charge in [0.1, 0.15) is 17.7 Å². The molecule has 2 aromatic rings. The quantitative estimate of drug-likeness (QED) is 0.222. The summed E-state index contributed by atoms with van der Waals surface area (Å²) in [5, 5.41) is 5.91. The Morgan fingerprint density at radius 3 is 2.12 bits per heavy atom. The number of para-hydroxylation sites is 1. The van der Waals surface area contributed by atoms with Gasteiger partial charge in [-0.15, -0.1) is 0 Å². The van der Waals surface area contributed by atoms with Gasteiger partial charge >= 0.3 is 6.09 Å². The van der Waals surface area contributed by atoms with Gasteiger partial charge in [-0.1, -0.05) is 94.8 Å². The van der Waals surface area contributed by atoms with Gasteiger partial charge in [0.15, 0.2) is 0 Å². The van der Waals surface area contributed by atoms with E-state index in [1.54, 1.807) is 25.7 Å². The van der Waals surface area contributed by atoms with Crippen LogP contribution in [0, 0.1) is 26.7 Å². The third-order valence-electron chi connectivity index (χ3n) is 7.32. The fraction of sp³-hybridized carbons (Fsp3) is 0.571. The number of hydrogen-bond acceptors (Lipinski definition) is 4. The van der Waals surface area contributed by atoms with Crippen molar-refractivity contribution < 1.29 is 19.1 Å². The van der Waals surface area contributed by atoms with Crippen LogP contribution in [0.1, 0.15) is 108 Å². The molecule has 0 aromatic heterocycles. The van der Waals surface area contributed by atoms with E-state index < -0.39 is 23.8 Å². The van der Waals surface area contributed by atoms with Crippen molar-refractivity contribution in [1.29, 1.82) is 0 Å². The number of amides is 3. The van der Waals surface area contributed by atoms with Crippen molar-refractivity contribution in [2.24, 2.45) is 5.92 Å². The van der Waals surface area contributed by atoms with E-state index >= 15 is 0 Å². The molecule has 0 aliphatic rings. The van der Waals surface area contributed by atoms with Gasteiger partial charge in [-0.3, -0.25) is 9.59 Å². The minimum absolute atomic E-state index is 0.226. The van der Waals surface area contributed by atoms with Crippen LogP contribution in [0.5, 0.6) is 0 Å². The highest BCUT2D eigenvalue weighted by atomic mass is 16.6. The number of carbonyl (C=O) groups excluding carboxylic acids is 3. The second-order valence-electron chi connectivity index (χ2n) is 12.7. The highest BCUT2D eigenvalue weighted by molar-refractivity contribution is 5.99. The fourth-order valence-corrected chi connectivity index (χ4v) is 5.05. The summed E-state index contributed by atoms with van der Waals surface area (Å²) >= 11 is 0. The molecule has 0 aliphatic heterocycles. The topological polar surface area (TPSA) is 87.7 Å². The van der Waals surface area contributed by atoms with Crippen LogP contribution in [-0.4, -0.2) is 41.0 Å². The fourth-order valence-electron chi connectivity index (χ4n) is 5.05. The number of nitrogens with one attached hydrogen (secondary N) is 2. The van der Waals surface area contributed by atoms with E-state index in [2.05, 4.69) is 17.6 Å². The largest absolute Gasteiger partial charge is 0.444 e. The summed E-state index contributed by atoms with van der Waals surface area (Å²) < 4.78 is 5.50. The number of hydrogen-bond donors (Lipinski definition) is 2. The number of unbranched alkanes of at least 4 members (excludes halogenated alkanes) is 5. The third kappa shape index (κ3) is 10.8. The zero-order valence-electron chi connectivity index (χ0n) is 27.3. The van der Waals surface area contributed by atoms with Crippen LogP contribution in [-0.2, 0) is 14.3 Å². The lowest BCUT2D eigenvalue weighted by atomic mass is 9.94. The van der Waals surface area contributed by atoms with E-state index in [1.165, 1.54) is 6.42 Å². The number of anilines is 1. The van der Waals surface area contributed by atoms with Crippen LogP contribution >= 0.6 is 0 Å². The van der Waals surface area contributed by atoms with E-state index in [-0.39, 0.29) is 17.7 Å². The standard InChI is InChI=1S/C35H53N3O4/c1-10-11-12-13-14-17-22-38(33(40)30(24(2)3)37-34(41)42-35(7,8)9)31(28-21-20-25(4)23-27(28)6)32(39)36-29-19-16-15-18-26(29)5/h15-16,18-21,23-24,30-31H,10-14,17,22H2,1-9H3,(H,36,39)(H,37,41). The first-order valence-corrected chi connectivity index (χ1v) is 15.5. The lowest BCUT2D eigenvalue weighted by molar-refractivity contribution is -0.141. The lowest BCUT2D eigenvalue weighted by Crippen LogP contribution is -2.54. The molecule has 0 spiro atoms. The number of alkyl carbamates (subject to hydrolysis) is 1. The van der Waals surface area contributed by atoms with E-state index in [1.807, 2.05) is 77.1 Å². The number of aryl methyl sites for hydroxylation is 3. The highest BCUT2D eigenvalue weighted by Gasteiger charge is 2.38. The molecule has 2 rings (SSSR count). The molecule has 2 aromatic carbocycles. The van der Waals surface area contributed by atoms with E-state index in [0.29, 0.717) is 12.2 Å². The average molecular weight is 580 g/mol. The predicted octanol–water partition coefficient (Wildman–Crippen LogP) is 8.03. The zero-order valence-corrected chi connectivity index (χ0v) is 27.3. The second kappa shape index (κ2) is 16.3. The summed E-state index contributed by atoms with van der Waals surface area (Å²) in [7, 11) is 0. The van der Waals surface area contributed by atoms with E-state index in [9.17, 15) is 14.4 Å². The number of ether oxygens (including phenoxy) is 1. The molecule has 2 N–H and O–H groups in total. The summed E-state index contributed by atoms with van der Waals surface area (Å²) in [4.78, 5) is 43.1. The molecular weight excluding hydrogens is 526 g/mol. The van der Waals surface area contributed by atoms with E-state index in [4.69, 9.17) is 4.74 Å². The molecule has 2 atom stereocenters. The van der Waals surface area contributed by atoms with Gasteiger partial charge < -0.3 is 20.3 Å². The Bertz CT molecular complexity index is 1180. The molecule has 7 nitrogen and oxygen atoms in total. The summed E-state index contributed by atoms with van der Waals surface area (Å²) in [6, 6.07) is 11.8. The van der Waals surface area contributed by atoms with Crippen LogP contribution in [0.25, 0.3) is 0 Å². The maximum Gasteiger partial charge on any atom is 0.408 e. The minimum Gasteiger partial charge on any atom is -0.444 e. The number of benzene rings is 2. The van der Waals surface area contributed by atoms with Crippen LogP contribution in [0.3, 0.4) is 0 Å². The number of carbonyl (C=O) groups is 3. The molecule has 232 valence electrons. The molecule has 0 fully saturated rings. The van der Waals surface area contributed by atoms with Gasteiger partial charge in [0.05, 0.1) is 0 Å². The molecule has 0 radical (unpaired) electrons. The van der Waals surface area contributed by atoms with Crippen LogP contribution in [0.4, 0.5) is 10.5 Å². The van der Waals surface area contributed by atoms with Crippen molar-refractivity contribution in [3.8, 4) is 0 Å². The van der Waals surface area contributed by atoms with Gasteiger partial charge in [-0.25, -0.2) is 4.79 Å². The summed E-state index contributed by atoms with van der Waals surface area (Å²) in [5.41, 5.74) is 3.71. The minimum atomic E-state index is -0.880. The van der Waals surface area contributed by atoms with Crippen molar-refractivity contribution in [2.45, 2.75) is 119 Å². The Morgan fingerprint density at radius 2 is 1.52 bits per heavy atom. The molecule has 0 saturated carbocycles. The molecule has 2 unspecified atom stereocenters. The van der Waals surface area contributed by atoms with Crippen LogP contribution < -0.4 is 10.6 Å². The average Bonchev–Trinajstić information content (AvgIpc) is 2.89. The molecule has 0 aliphatic carbocycles. The Kier molecular flexibility index (Phi) is 13.5. The van der Waals surface area contributed by atoms with Crippen molar-refractivity contribution in [1.82, 2.24) is 10.2 Å². The molecule has 7 heteroatoms. The molecule has 42 heavy (non-hydrogen) atoms. The van der Waals surface area contributed by atoms with E-state index in [0.717, 1.165) is 54.4 Å². The van der Waals surface area contributed by atoms with Gasteiger partial charge in [-0.05, 0) is 76.6 Å². The first-order valence-electron chi connectivity index (χ1n) is 15.5. The summed E-state index contributed by atoms with van der Waals surface area (Å²) in [6.07, 6.45) is 5.62. The maximum atomic E-state index is 14.4. The second-order valence-corrected chi connectivity index (χ2v) is 12.7. The SMILES string of the molecule is CCCCCCCCN(C(=O)C(NC(=O)OC(C)(C)C)C(C)C)C(C(=O)Nc1ccccc1C)c1ccc(C)cc1C. The number of nitrogens with zero attached hydrogens (tertiary/aromatic N) is 1. The van der Waals surface area contributed by atoms with Crippen molar-refractivity contribution in [2.75, 3.05) is 11.9 Å². The molecule has 0 bridgehead atoms.